The third kappa shape index (κ3) is 3.77. The predicted octanol–water partition coefficient (Wildman–Crippen LogP) is 2.37. The molecule has 0 fully saturated rings. The lowest BCUT2D eigenvalue weighted by atomic mass is 10.2. The Morgan fingerprint density at radius 3 is 2.33 bits per heavy atom. The van der Waals surface area contributed by atoms with E-state index in [9.17, 15) is 21.6 Å². The number of hydrogen-bond donors (Lipinski definition) is 2. The van der Waals surface area contributed by atoms with Gasteiger partial charge in [0, 0.05) is 17.3 Å². The van der Waals surface area contributed by atoms with Crippen molar-refractivity contribution in [2.24, 2.45) is 0 Å². The molecule has 2 aromatic carbocycles. The number of benzene rings is 2. The number of hydrogen-bond acceptors (Lipinski definition) is 6. The van der Waals surface area contributed by atoms with Gasteiger partial charge in [0.15, 0.2) is 9.84 Å². The summed E-state index contributed by atoms with van der Waals surface area (Å²) in [5, 5.41) is 13.5. The number of carboxylic acid groups (broad SMARTS) is 1. The van der Waals surface area contributed by atoms with Crippen LogP contribution in [0.1, 0.15) is 0 Å². The zero-order chi connectivity index (χ0) is 20.0. The van der Waals surface area contributed by atoms with E-state index in [0.717, 1.165) is 10.9 Å². The Bertz CT molecular complexity index is 1280. The van der Waals surface area contributed by atoms with E-state index in [1.54, 1.807) is 0 Å². The molecular weight excluding hydrogens is 509 g/mol. The topological polar surface area (TPSA) is 135 Å². The van der Waals surface area contributed by atoms with Gasteiger partial charge in [-0.3, -0.25) is 4.72 Å². The number of anilines is 1. The maximum absolute atomic E-state index is 12.7. The predicted molar refractivity (Wildman–Crippen MR) is 106 cm³/mol. The van der Waals surface area contributed by atoms with Crippen LogP contribution in [0.15, 0.2) is 52.3 Å². The van der Waals surface area contributed by atoms with Crippen molar-refractivity contribution in [2.45, 2.75) is 9.79 Å². The van der Waals surface area contributed by atoms with Crippen LogP contribution in [0.25, 0.3) is 10.9 Å². The van der Waals surface area contributed by atoms with Crippen molar-refractivity contribution in [1.82, 2.24) is 9.78 Å². The van der Waals surface area contributed by atoms with E-state index < -0.39 is 26.0 Å². The summed E-state index contributed by atoms with van der Waals surface area (Å²) in [6.45, 7) is 0. The molecule has 1 heterocycles. The summed E-state index contributed by atoms with van der Waals surface area (Å²) < 4.78 is 52.7. The molecule has 0 aliphatic rings. The molecule has 2 N–H and O–H groups in total. The van der Waals surface area contributed by atoms with E-state index in [2.05, 4.69) is 9.82 Å². The highest BCUT2D eigenvalue weighted by molar-refractivity contribution is 14.1. The highest BCUT2D eigenvalue weighted by Gasteiger charge is 2.24. The summed E-state index contributed by atoms with van der Waals surface area (Å²) >= 11 is 1.84. The lowest BCUT2D eigenvalue weighted by Gasteiger charge is -2.11. The molecule has 0 aliphatic heterocycles. The molecule has 142 valence electrons. The van der Waals surface area contributed by atoms with Gasteiger partial charge in [-0.25, -0.2) is 21.6 Å². The summed E-state index contributed by atoms with van der Waals surface area (Å²) in [6, 6.07) is 9.50. The van der Waals surface area contributed by atoms with Gasteiger partial charge in [0.25, 0.3) is 10.0 Å². The fourth-order valence-corrected chi connectivity index (χ4v) is 5.81. The molecule has 0 saturated carbocycles. The van der Waals surface area contributed by atoms with Crippen LogP contribution < -0.4 is 4.72 Å². The Morgan fingerprint density at radius 2 is 1.74 bits per heavy atom. The van der Waals surface area contributed by atoms with E-state index in [1.807, 2.05) is 22.6 Å². The largest absolute Gasteiger partial charge is 0.463 e. The van der Waals surface area contributed by atoms with Gasteiger partial charge >= 0.3 is 6.09 Å². The number of fused-ring (bicyclic) bond motifs is 1. The Balaban J connectivity index is 2.08. The molecule has 9 nitrogen and oxygen atoms in total. The Kier molecular flexibility index (Phi) is 4.90. The summed E-state index contributed by atoms with van der Waals surface area (Å²) in [6.07, 6.45) is -0.339. The quantitative estimate of drug-likeness (QED) is 0.504. The number of sulfone groups is 1. The van der Waals surface area contributed by atoms with E-state index >= 15 is 0 Å². The minimum Gasteiger partial charge on any atom is -0.463 e. The molecule has 0 saturated heterocycles. The minimum absolute atomic E-state index is 0.147. The molecule has 27 heavy (non-hydrogen) atoms. The molecule has 12 heteroatoms. The summed E-state index contributed by atoms with van der Waals surface area (Å²) in [7, 11) is -7.95. The van der Waals surface area contributed by atoms with Gasteiger partial charge in [-0.15, -0.1) is 0 Å². The third-order valence-electron chi connectivity index (χ3n) is 3.61. The van der Waals surface area contributed by atoms with Gasteiger partial charge in [-0.2, -0.15) is 9.78 Å². The van der Waals surface area contributed by atoms with Crippen molar-refractivity contribution in [3.63, 3.8) is 0 Å². The highest BCUT2D eigenvalue weighted by atomic mass is 127. The summed E-state index contributed by atoms with van der Waals surface area (Å²) in [5.74, 6) is 0. The Morgan fingerprint density at radius 1 is 1.11 bits per heavy atom. The minimum atomic E-state index is -4.19. The number of aromatic nitrogens is 2. The first-order chi connectivity index (χ1) is 12.5. The average molecular weight is 521 g/mol. The first kappa shape index (κ1) is 19.6. The molecular formula is C15H12IN3O6S2. The molecule has 3 rings (SSSR count). The molecule has 0 aliphatic carbocycles. The highest BCUT2D eigenvalue weighted by Crippen LogP contribution is 2.27. The van der Waals surface area contributed by atoms with Gasteiger partial charge in [0.2, 0.25) is 0 Å². The molecule has 0 radical (unpaired) electrons. The first-order valence-corrected chi connectivity index (χ1v) is 11.7. The molecule has 0 unspecified atom stereocenters. The normalized spacial score (nSPS) is 12.2. The second kappa shape index (κ2) is 6.76. The lowest BCUT2D eigenvalue weighted by Crippen LogP contribution is -2.16. The second-order valence-corrected chi connectivity index (χ2v) is 10.2. The third-order valence-corrected chi connectivity index (χ3v) is 7.13. The van der Waals surface area contributed by atoms with Crippen molar-refractivity contribution in [3.05, 3.63) is 46.2 Å². The molecule has 0 amide bonds. The van der Waals surface area contributed by atoms with Crippen molar-refractivity contribution < 1.29 is 26.7 Å². The maximum atomic E-state index is 12.7. The van der Waals surface area contributed by atoms with Crippen molar-refractivity contribution in [3.8, 4) is 0 Å². The van der Waals surface area contributed by atoms with E-state index in [-0.39, 0.29) is 15.5 Å². The molecule has 0 atom stereocenters. The molecule has 0 bridgehead atoms. The van der Waals surface area contributed by atoms with Crippen molar-refractivity contribution in [2.75, 3.05) is 11.0 Å². The zero-order valence-corrected chi connectivity index (χ0v) is 17.4. The SMILES string of the molecule is CS(=O)(=O)c1ccccc1S(=O)(=O)Nc1ccc2c(c1)c(I)nn2C(=O)O. The van der Waals surface area contributed by atoms with Crippen LogP contribution in [0, 0.1) is 3.70 Å². The van der Waals surface area contributed by atoms with Gasteiger partial charge in [-0.1, -0.05) is 12.1 Å². The number of rotatable bonds is 4. The smallest absolute Gasteiger partial charge is 0.432 e. The van der Waals surface area contributed by atoms with Crippen LogP contribution in [-0.4, -0.2) is 44.1 Å². The Labute approximate surface area is 168 Å². The number of carbonyl (C=O) groups is 1. The van der Waals surface area contributed by atoms with Crippen molar-refractivity contribution in [1.29, 1.82) is 0 Å². The monoisotopic (exact) mass is 521 g/mol. The lowest BCUT2D eigenvalue weighted by molar-refractivity contribution is 0.194. The summed E-state index contributed by atoms with van der Waals surface area (Å²) in [4.78, 5) is 10.5. The van der Waals surface area contributed by atoms with Gasteiger partial charge in [0.05, 0.1) is 10.4 Å². The second-order valence-electron chi connectivity index (χ2n) is 5.54. The van der Waals surface area contributed by atoms with Crippen LogP contribution in [0.5, 0.6) is 0 Å². The van der Waals surface area contributed by atoms with Gasteiger partial charge in [-0.05, 0) is 52.9 Å². The maximum Gasteiger partial charge on any atom is 0.432 e. The van der Waals surface area contributed by atoms with Crippen LogP contribution in [-0.2, 0) is 19.9 Å². The number of nitrogens with one attached hydrogen (secondary N) is 1. The standard InChI is InChI=1S/C15H12IN3O6S2/c1-26(22,23)12-4-2-3-5-13(12)27(24,25)18-9-6-7-11-10(8-9)14(16)17-19(11)15(20)21/h2-8,18H,1H3,(H,20,21). The number of nitrogens with zero attached hydrogens (tertiary/aromatic N) is 2. The van der Waals surface area contributed by atoms with Gasteiger partial charge < -0.3 is 5.11 Å². The fraction of sp³-hybridized carbons (Fsp3) is 0.0667. The Hall–Kier alpha value is -2.19. The van der Waals surface area contributed by atoms with Crippen LogP contribution in [0.3, 0.4) is 0 Å². The van der Waals surface area contributed by atoms with E-state index in [4.69, 9.17) is 5.11 Å². The van der Waals surface area contributed by atoms with Crippen LogP contribution >= 0.6 is 22.6 Å². The van der Waals surface area contributed by atoms with Crippen LogP contribution in [0.4, 0.5) is 10.5 Å². The summed E-state index contributed by atoms with van der Waals surface area (Å²) in [5.41, 5.74) is 0.444. The average Bonchev–Trinajstić information content (AvgIpc) is 2.91. The number of halogens is 1. The molecule has 3 aromatic rings. The number of sulfonamides is 1. The first-order valence-electron chi connectivity index (χ1n) is 7.24. The van der Waals surface area contributed by atoms with Crippen LogP contribution in [0.2, 0.25) is 0 Å². The fourth-order valence-electron chi connectivity index (χ4n) is 2.48. The van der Waals surface area contributed by atoms with Crippen molar-refractivity contribution >= 4 is 65.1 Å². The molecule has 0 spiro atoms. The molecule has 1 aromatic heterocycles. The van der Waals surface area contributed by atoms with E-state index in [1.165, 1.54) is 42.5 Å². The zero-order valence-electron chi connectivity index (χ0n) is 13.6. The van der Waals surface area contributed by atoms with Gasteiger partial charge in [0.1, 0.15) is 8.60 Å². The van der Waals surface area contributed by atoms with E-state index in [0.29, 0.717) is 14.6 Å².